The van der Waals surface area contributed by atoms with Crippen LogP contribution in [0.4, 0.5) is 17.1 Å². The minimum Gasteiger partial charge on any atom is -0.456 e. The molecule has 0 atom stereocenters. The Bertz CT molecular complexity index is 3670. The topological polar surface area (TPSA) is 16.4 Å². The highest BCUT2D eigenvalue weighted by Crippen LogP contribution is 2.58. The van der Waals surface area contributed by atoms with Gasteiger partial charge in [-0.25, -0.2) is 0 Å². The molecule has 0 bridgehead atoms. The Hall–Kier alpha value is -7.85. The van der Waals surface area contributed by atoms with E-state index in [-0.39, 0.29) is 5.41 Å². The molecule has 1 aliphatic heterocycles. The maximum atomic E-state index is 6.32. The van der Waals surface area contributed by atoms with Crippen molar-refractivity contribution < 1.29 is 4.42 Å². The zero-order valence-corrected chi connectivity index (χ0v) is 38.1. The fourth-order valence-corrected chi connectivity index (χ4v) is 12.7. The van der Waals surface area contributed by atoms with Crippen molar-refractivity contribution in [2.75, 3.05) is 4.90 Å². The van der Waals surface area contributed by atoms with Crippen LogP contribution < -0.4 is 4.90 Å². The van der Waals surface area contributed by atoms with E-state index in [1.54, 1.807) is 0 Å². The van der Waals surface area contributed by atoms with E-state index in [9.17, 15) is 0 Å². The number of furan rings is 1. The molecule has 0 unspecified atom stereocenters. The number of nitrogens with zero attached hydrogens (tertiary/aromatic N) is 1. The second kappa shape index (κ2) is 15.4. The van der Waals surface area contributed by atoms with Gasteiger partial charge >= 0.3 is 0 Å². The van der Waals surface area contributed by atoms with Crippen molar-refractivity contribution in [3.05, 3.63) is 270 Å². The summed E-state index contributed by atoms with van der Waals surface area (Å²) >= 11 is 1.87. The predicted molar refractivity (Wildman–Crippen MR) is 279 cm³/mol. The molecule has 2 nitrogen and oxygen atoms in total. The molecule has 0 saturated heterocycles. The van der Waals surface area contributed by atoms with Crippen molar-refractivity contribution in [1.29, 1.82) is 0 Å². The summed E-state index contributed by atoms with van der Waals surface area (Å²) < 4.78 is 6.32. The third kappa shape index (κ3) is 6.12. The quantitative estimate of drug-likeness (QED) is 0.159. The Morgan fingerprint density at radius 2 is 0.925 bits per heavy atom. The van der Waals surface area contributed by atoms with Gasteiger partial charge in [0.15, 0.2) is 0 Å². The van der Waals surface area contributed by atoms with Crippen LogP contribution in [0.2, 0.25) is 0 Å². The van der Waals surface area contributed by atoms with Crippen molar-refractivity contribution in [1.82, 2.24) is 0 Å². The smallest absolute Gasteiger partial charge is 0.136 e. The monoisotopic (exact) mass is 875 g/mol. The Balaban J connectivity index is 0.977. The summed E-state index contributed by atoms with van der Waals surface area (Å²) in [7, 11) is 0. The van der Waals surface area contributed by atoms with Gasteiger partial charge in [0, 0.05) is 43.0 Å². The molecule has 13 rings (SSSR count). The minimum absolute atomic E-state index is 0.182. The van der Waals surface area contributed by atoms with Crippen molar-refractivity contribution >= 4 is 50.8 Å². The number of hydrogen-bond donors (Lipinski definition) is 0. The maximum absolute atomic E-state index is 6.32. The summed E-state index contributed by atoms with van der Waals surface area (Å²) in [4.78, 5) is 5.07. The molecule has 10 aromatic carbocycles. The van der Waals surface area contributed by atoms with Gasteiger partial charge in [-0.15, -0.1) is 0 Å². The van der Waals surface area contributed by atoms with Crippen LogP contribution in [-0.4, -0.2) is 0 Å². The van der Waals surface area contributed by atoms with Crippen LogP contribution in [0, 0.1) is 0 Å². The van der Waals surface area contributed by atoms with E-state index >= 15 is 0 Å². The van der Waals surface area contributed by atoms with E-state index < -0.39 is 5.41 Å². The first kappa shape index (κ1) is 39.5. The largest absolute Gasteiger partial charge is 0.456 e. The van der Waals surface area contributed by atoms with E-state index in [1.165, 1.54) is 59.9 Å². The average Bonchev–Trinajstić information content (AvgIpc) is 3.91. The molecule has 11 aromatic rings. The number of fused-ring (bicyclic) bond motifs is 8. The van der Waals surface area contributed by atoms with Gasteiger partial charge in [-0.05, 0) is 133 Å². The molecule has 1 aromatic heterocycles. The highest BCUT2D eigenvalue weighted by atomic mass is 32.2. The van der Waals surface area contributed by atoms with Crippen LogP contribution in [0.3, 0.4) is 0 Å². The van der Waals surface area contributed by atoms with Gasteiger partial charge in [0.2, 0.25) is 0 Å². The average molecular weight is 876 g/mol. The number of anilines is 3. The van der Waals surface area contributed by atoms with Gasteiger partial charge in [0.05, 0.1) is 5.41 Å². The van der Waals surface area contributed by atoms with Crippen LogP contribution in [0.25, 0.3) is 55.3 Å². The fraction of sp³-hybridized carbons (Fsp3) is 0.0625. The van der Waals surface area contributed by atoms with Crippen molar-refractivity contribution in [2.24, 2.45) is 0 Å². The first-order valence-electron chi connectivity index (χ1n) is 23.2. The van der Waals surface area contributed by atoms with Crippen LogP contribution >= 0.6 is 11.8 Å². The van der Waals surface area contributed by atoms with Crippen molar-refractivity contribution in [3.63, 3.8) is 0 Å². The number of benzene rings is 10. The summed E-state index contributed by atoms with van der Waals surface area (Å²) in [5.41, 5.74) is 19.4. The summed E-state index contributed by atoms with van der Waals surface area (Å²) in [5, 5.41) is 2.28. The number of hydrogen-bond acceptors (Lipinski definition) is 3. The Morgan fingerprint density at radius 1 is 0.358 bits per heavy atom. The van der Waals surface area contributed by atoms with Gasteiger partial charge in [0.25, 0.3) is 0 Å². The molecule has 318 valence electrons. The first-order valence-corrected chi connectivity index (χ1v) is 24.0. The molecular weight excluding hydrogens is 831 g/mol. The summed E-state index contributed by atoms with van der Waals surface area (Å²) in [6, 6.07) is 87.1. The molecule has 0 N–H and O–H groups in total. The van der Waals surface area contributed by atoms with Gasteiger partial charge in [-0.3, -0.25) is 0 Å². The second-order valence-corrected chi connectivity index (χ2v) is 19.5. The van der Waals surface area contributed by atoms with E-state index in [1.807, 2.05) is 23.9 Å². The Kier molecular flexibility index (Phi) is 9.07. The number of rotatable bonds is 7. The standard InChI is InChI=1S/C64H45NOS/c1-63(2)57-28-13-15-30-61(57)67-62-38-36-48(41-58(62)63)65(46-34-31-42(32-35-46)43-33-37-53-52-24-9-14-29-59(52)66-60(53)40-43)47-20-16-17-44(39-47)49-21-6-10-25-54(49)64(45-18-4-3-5-19-45)55-26-11-7-22-50(55)51-23-8-12-27-56(51)64/h3-41H,1-2H3. The van der Waals surface area contributed by atoms with Gasteiger partial charge in [0.1, 0.15) is 11.2 Å². The van der Waals surface area contributed by atoms with Crippen LogP contribution in [0.5, 0.6) is 0 Å². The van der Waals surface area contributed by atoms with Gasteiger partial charge in [-0.2, -0.15) is 0 Å². The molecule has 0 saturated carbocycles. The van der Waals surface area contributed by atoms with E-state index in [2.05, 4.69) is 243 Å². The molecule has 0 spiro atoms. The SMILES string of the molecule is CC1(C)c2ccccc2Sc2ccc(N(c3ccc(-c4ccc5c(c4)oc4ccccc45)cc3)c3cccc(-c4ccccc4C4(c5ccccc5)c5ccccc5-c5ccccc54)c3)cc21. The zero-order valence-electron chi connectivity index (χ0n) is 37.3. The van der Waals surface area contributed by atoms with E-state index in [4.69, 9.17) is 4.42 Å². The molecule has 2 aliphatic rings. The minimum atomic E-state index is -0.528. The molecule has 0 fully saturated rings. The van der Waals surface area contributed by atoms with Gasteiger partial charge in [-0.1, -0.05) is 195 Å². The van der Waals surface area contributed by atoms with Crippen molar-refractivity contribution in [2.45, 2.75) is 34.5 Å². The molecule has 0 radical (unpaired) electrons. The third-order valence-corrected chi connectivity index (χ3v) is 15.6. The number of para-hydroxylation sites is 1. The van der Waals surface area contributed by atoms with Crippen molar-refractivity contribution in [3.8, 4) is 33.4 Å². The van der Waals surface area contributed by atoms with Crippen LogP contribution in [0.15, 0.2) is 251 Å². The zero-order chi connectivity index (χ0) is 44.7. The normalized spacial score (nSPS) is 14.0. The first-order chi connectivity index (χ1) is 33.0. The molecule has 3 heteroatoms. The van der Waals surface area contributed by atoms with E-state index in [0.29, 0.717) is 0 Å². The third-order valence-electron chi connectivity index (χ3n) is 14.4. The lowest BCUT2D eigenvalue weighted by Gasteiger charge is -2.36. The summed E-state index contributed by atoms with van der Waals surface area (Å²) in [5.74, 6) is 0. The fourth-order valence-electron chi connectivity index (χ4n) is 11.3. The highest BCUT2D eigenvalue weighted by Gasteiger charge is 2.47. The van der Waals surface area contributed by atoms with Crippen LogP contribution in [-0.2, 0) is 10.8 Å². The predicted octanol–water partition coefficient (Wildman–Crippen LogP) is 17.5. The molecule has 1 aliphatic carbocycles. The second-order valence-electron chi connectivity index (χ2n) is 18.4. The highest BCUT2D eigenvalue weighted by molar-refractivity contribution is 7.99. The molecular formula is C64H45NOS. The summed E-state index contributed by atoms with van der Waals surface area (Å²) in [6.45, 7) is 4.73. The van der Waals surface area contributed by atoms with E-state index in [0.717, 1.165) is 55.7 Å². The Morgan fingerprint density at radius 3 is 1.69 bits per heavy atom. The molecule has 2 heterocycles. The lowest BCUT2D eigenvalue weighted by Crippen LogP contribution is -2.29. The lowest BCUT2D eigenvalue weighted by atomic mass is 9.66. The maximum Gasteiger partial charge on any atom is 0.136 e. The van der Waals surface area contributed by atoms with Crippen LogP contribution in [0.1, 0.15) is 47.2 Å². The molecule has 0 amide bonds. The van der Waals surface area contributed by atoms with Gasteiger partial charge < -0.3 is 9.32 Å². The Labute approximate surface area is 395 Å². The summed E-state index contributed by atoms with van der Waals surface area (Å²) in [6.07, 6.45) is 0. The lowest BCUT2D eigenvalue weighted by molar-refractivity contribution is 0.607. The molecule has 67 heavy (non-hydrogen) atoms.